The van der Waals surface area contributed by atoms with Crippen molar-refractivity contribution in [2.75, 3.05) is 6.61 Å². The van der Waals surface area contributed by atoms with Crippen LogP contribution in [0.3, 0.4) is 0 Å². The molecule has 0 saturated carbocycles. The van der Waals surface area contributed by atoms with E-state index in [-0.39, 0.29) is 5.97 Å². The molecule has 0 aliphatic carbocycles. The van der Waals surface area contributed by atoms with Gasteiger partial charge in [-0.3, -0.25) is 0 Å². The van der Waals surface area contributed by atoms with E-state index in [4.69, 9.17) is 9.15 Å². The van der Waals surface area contributed by atoms with Crippen LogP contribution in [0.25, 0.3) is 11.1 Å². The second-order valence-corrected chi connectivity index (χ2v) is 12.5. The standard InChI is InChI=1S/C33H30O3P/c1-3-35-33(34)32-30(26-21-19-25(2)20-22-26)23-36-31(32)24-37(27-13-7-4-8-14-27,28-15-9-5-10-16-28)29-17-11-6-12-18-29/h4-23H,3,24H2,1-2H3/q+1. The van der Waals surface area contributed by atoms with Crippen LogP contribution in [0, 0.1) is 6.92 Å². The van der Waals surface area contributed by atoms with E-state index in [0.29, 0.717) is 24.1 Å². The molecular weight excluding hydrogens is 475 g/mol. The highest BCUT2D eigenvalue weighted by molar-refractivity contribution is 7.95. The van der Waals surface area contributed by atoms with Gasteiger partial charge >= 0.3 is 5.97 Å². The largest absolute Gasteiger partial charge is 0.464 e. The predicted octanol–water partition coefficient (Wildman–Crippen LogP) is 6.93. The number of carbonyl (C=O) groups excluding carboxylic acids is 1. The Bertz CT molecular complexity index is 1360. The molecule has 4 heteroatoms. The zero-order valence-corrected chi connectivity index (χ0v) is 22.0. The number of ether oxygens (including phenoxy) is 1. The highest BCUT2D eigenvalue weighted by Crippen LogP contribution is 2.59. The van der Waals surface area contributed by atoms with Crippen LogP contribution in [0.4, 0.5) is 0 Å². The predicted molar refractivity (Wildman–Crippen MR) is 154 cm³/mol. The summed E-state index contributed by atoms with van der Waals surface area (Å²) in [5.74, 6) is 0.299. The van der Waals surface area contributed by atoms with Crippen LogP contribution in [0.5, 0.6) is 0 Å². The fraction of sp³-hybridized carbons (Fsp3) is 0.121. The SMILES string of the molecule is CCOC(=O)c1c(-c2ccc(C)cc2)coc1C[P+](c1ccccc1)(c1ccccc1)c1ccccc1. The zero-order chi connectivity index (χ0) is 25.7. The minimum Gasteiger partial charge on any atom is -0.464 e. The summed E-state index contributed by atoms with van der Waals surface area (Å²) in [5.41, 5.74) is 3.37. The van der Waals surface area contributed by atoms with E-state index in [9.17, 15) is 4.79 Å². The first kappa shape index (κ1) is 24.7. The molecule has 0 radical (unpaired) electrons. The third-order valence-electron chi connectivity index (χ3n) is 6.68. The number of esters is 1. The van der Waals surface area contributed by atoms with Crippen molar-refractivity contribution in [2.45, 2.75) is 20.0 Å². The second-order valence-electron chi connectivity index (χ2n) is 9.01. The Hall–Kier alpha value is -3.94. The van der Waals surface area contributed by atoms with Crippen molar-refractivity contribution in [1.29, 1.82) is 0 Å². The van der Waals surface area contributed by atoms with Crippen LogP contribution in [0.1, 0.15) is 28.6 Å². The molecule has 184 valence electrons. The Balaban J connectivity index is 1.76. The van der Waals surface area contributed by atoms with Gasteiger partial charge in [0, 0.05) is 5.56 Å². The van der Waals surface area contributed by atoms with Crippen molar-refractivity contribution >= 4 is 29.1 Å². The van der Waals surface area contributed by atoms with Gasteiger partial charge in [-0.25, -0.2) is 4.79 Å². The molecule has 37 heavy (non-hydrogen) atoms. The Morgan fingerprint density at radius 1 is 0.730 bits per heavy atom. The first-order valence-electron chi connectivity index (χ1n) is 12.5. The lowest BCUT2D eigenvalue weighted by Crippen LogP contribution is -2.32. The van der Waals surface area contributed by atoms with E-state index in [1.165, 1.54) is 15.9 Å². The van der Waals surface area contributed by atoms with Crippen LogP contribution in [-0.2, 0) is 10.9 Å². The number of aryl methyl sites for hydroxylation is 1. The molecule has 4 aromatic carbocycles. The van der Waals surface area contributed by atoms with E-state index < -0.39 is 7.26 Å². The molecule has 5 aromatic rings. The molecule has 0 N–H and O–H groups in total. The van der Waals surface area contributed by atoms with Crippen LogP contribution < -0.4 is 15.9 Å². The number of hydrogen-bond donors (Lipinski definition) is 0. The normalized spacial score (nSPS) is 11.3. The summed E-state index contributed by atoms with van der Waals surface area (Å²) in [6.45, 7) is 4.18. The van der Waals surface area contributed by atoms with E-state index in [1.807, 2.05) is 49.4 Å². The maximum atomic E-state index is 13.4. The van der Waals surface area contributed by atoms with Crippen LogP contribution in [0.15, 0.2) is 126 Å². The van der Waals surface area contributed by atoms with Crippen LogP contribution in [0.2, 0.25) is 0 Å². The lowest BCUT2D eigenvalue weighted by molar-refractivity contribution is 0.0525. The Kier molecular flexibility index (Phi) is 7.35. The fourth-order valence-electron chi connectivity index (χ4n) is 4.87. The van der Waals surface area contributed by atoms with Crippen molar-refractivity contribution in [3.63, 3.8) is 0 Å². The van der Waals surface area contributed by atoms with Gasteiger partial charge in [0.25, 0.3) is 0 Å². The van der Waals surface area contributed by atoms with Crippen LogP contribution in [-0.4, -0.2) is 12.6 Å². The second kappa shape index (κ2) is 11.0. The van der Waals surface area contributed by atoms with Gasteiger partial charge in [-0.2, -0.15) is 0 Å². The number of benzene rings is 4. The molecule has 1 heterocycles. The zero-order valence-electron chi connectivity index (χ0n) is 21.1. The average Bonchev–Trinajstić information content (AvgIpc) is 3.37. The fourth-order valence-corrected chi connectivity index (χ4v) is 9.02. The van der Waals surface area contributed by atoms with E-state index in [0.717, 1.165) is 16.7 Å². The molecule has 0 bridgehead atoms. The molecule has 5 rings (SSSR count). The lowest BCUT2D eigenvalue weighted by Gasteiger charge is -2.27. The van der Waals surface area contributed by atoms with Gasteiger partial charge < -0.3 is 9.15 Å². The quantitative estimate of drug-likeness (QED) is 0.170. The van der Waals surface area contributed by atoms with Gasteiger partial charge in [-0.1, -0.05) is 84.4 Å². The van der Waals surface area contributed by atoms with Gasteiger partial charge in [0.1, 0.15) is 34.9 Å². The van der Waals surface area contributed by atoms with E-state index >= 15 is 0 Å². The highest BCUT2D eigenvalue weighted by atomic mass is 31.2. The molecule has 1 aromatic heterocycles. The van der Waals surface area contributed by atoms with Gasteiger partial charge in [-0.05, 0) is 55.8 Å². The third-order valence-corrected chi connectivity index (χ3v) is 11.0. The maximum Gasteiger partial charge on any atom is 0.342 e. The summed E-state index contributed by atoms with van der Waals surface area (Å²) >= 11 is 0. The Morgan fingerprint density at radius 3 is 1.68 bits per heavy atom. The molecule has 0 aliphatic heterocycles. The first-order chi connectivity index (χ1) is 18.1. The molecule has 0 unspecified atom stereocenters. The van der Waals surface area contributed by atoms with E-state index in [2.05, 4.69) is 79.7 Å². The van der Waals surface area contributed by atoms with Crippen molar-refractivity contribution in [2.24, 2.45) is 0 Å². The topological polar surface area (TPSA) is 39.4 Å². The molecule has 0 amide bonds. The minimum absolute atomic E-state index is 0.299. The highest BCUT2D eigenvalue weighted by Gasteiger charge is 2.47. The van der Waals surface area contributed by atoms with Crippen molar-refractivity contribution < 1.29 is 13.9 Å². The molecular formula is C33H30O3P+. The summed E-state index contributed by atoms with van der Waals surface area (Å²) in [5, 5.41) is 3.70. The van der Waals surface area contributed by atoms with Crippen molar-refractivity contribution in [1.82, 2.24) is 0 Å². The monoisotopic (exact) mass is 505 g/mol. The number of carbonyl (C=O) groups is 1. The Morgan fingerprint density at radius 2 is 1.22 bits per heavy atom. The smallest absolute Gasteiger partial charge is 0.342 e. The molecule has 0 aliphatic rings. The summed E-state index contributed by atoms with van der Waals surface area (Å²) in [6.07, 6.45) is 2.27. The van der Waals surface area contributed by atoms with Gasteiger partial charge in [0.2, 0.25) is 0 Å². The lowest BCUT2D eigenvalue weighted by atomic mass is 10.0. The van der Waals surface area contributed by atoms with Crippen molar-refractivity contribution in [3.8, 4) is 11.1 Å². The minimum atomic E-state index is -2.25. The molecule has 0 fully saturated rings. The number of furan rings is 1. The number of hydrogen-bond acceptors (Lipinski definition) is 3. The third kappa shape index (κ3) is 4.88. The van der Waals surface area contributed by atoms with E-state index in [1.54, 1.807) is 6.26 Å². The van der Waals surface area contributed by atoms with Crippen molar-refractivity contribution in [3.05, 3.63) is 138 Å². The maximum absolute atomic E-state index is 13.4. The molecule has 0 spiro atoms. The summed E-state index contributed by atoms with van der Waals surface area (Å²) in [7, 11) is -2.25. The number of rotatable bonds is 8. The van der Waals surface area contributed by atoms with Crippen LogP contribution >= 0.6 is 7.26 Å². The van der Waals surface area contributed by atoms with Gasteiger partial charge in [0.15, 0.2) is 5.76 Å². The summed E-state index contributed by atoms with van der Waals surface area (Å²) in [4.78, 5) is 13.4. The molecule has 0 atom stereocenters. The molecule has 3 nitrogen and oxygen atoms in total. The average molecular weight is 506 g/mol. The first-order valence-corrected chi connectivity index (χ1v) is 14.5. The summed E-state index contributed by atoms with van der Waals surface area (Å²) in [6, 6.07) is 40.0. The Labute approximate surface area is 219 Å². The summed E-state index contributed by atoms with van der Waals surface area (Å²) < 4.78 is 11.9. The van der Waals surface area contributed by atoms with Gasteiger partial charge in [0.05, 0.1) is 12.9 Å². The van der Waals surface area contributed by atoms with Gasteiger partial charge in [-0.15, -0.1) is 0 Å². The molecule has 0 saturated heterocycles.